The molecule has 0 fully saturated rings. The molecule has 2 aromatic carbocycles. The molecule has 0 aromatic heterocycles. The highest BCUT2D eigenvalue weighted by Gasteiger charge is 2.05. The van der Waals surface area contributed by atoms with Crippen LogP contribution in [0.1, 0.15) is 28.4 Å². The van der Waals surface area contributed by atoms with Crippen molar-refractivity contribution >= 4 is 5.91 Å². The first-order valence-electron chi connectivity index (χ1n) is 6.75. The van der Waals surface area contributed by atoms with Gasteiger partial charge in [-0.2, -0.15) is 0 Å². The fraction of sp³-hybridized carbons (Fsp3) is 0.235. The predicted molar refractivity (Wildman–Crippen MR) is 80.0 cm³/mol. The Balaban J connectivity index is 1.93. The molecule has 20 heavy (non-hydrogen) atoms. The lowest BCUT2D eigenvalue weighted by molar-refractivity contribution is 0.0951. The van der Waals surface area contributed by atoms with Crippen molar-refractivity contribution in [2.45, 2.75) is 20.4 Å². The monoisotopic (exact) mass is 269 g/mol. The SMILES string of the molecule is CCOc1ccc(CNC(=O)c2cccc(C)c2)cc1. The normalized spacial score (nSPS) is 10.1. The summed E-state index contributed by atoms with van der Waals surface area (Å²) in [4.78, 5) is 12.0. The van der Waals surface area contributed by atoms with Crippen LogP contribution in [0.5, 0.6) is 5.75 Å². The lowest BCUT2D eigenvalue weighted by Crippen LogP contribution is -2.22. The minimum absolute atomic E-state index is 0.0532. The molecule has 0 aliphatic heterocycles. The molecule has 1 amide bonds. The van der Waals surface area contributed by atoms with Gasteiger partial charge in [0.25, 0.3) is 5.91 Å². The van der Waals surface area contributed by atoms with Gasteiger partial charge in [-0.1, -0.05) is 29.8 Å². The minimum Gasteiger partial charge on any atom is -0.494 e. The number of hydrogen-bond acceptors (Lipinski definition) is 2. The van der Waals surface area contributed by atoms with E-state index in [4.69, 9.17) is 4.74 Å². The van der Waals surface area contributed by atoms with E-state index in [2.05, 4.69) is 5.32 Å². The second-order valence-electron chi connectivity index (χ2n) is 4.63. The minimum atomic E-state index is -0.0532. The van der Waals surface area contributed by atoms with Crippen molar-refractivity contribution in [2.24, 2.45) is 0 Å². The number of rotatable bonds is 5. The summed E-state index contributed by atoms with van der Waals surface area (Å²) in [6, 6.07) is 15.3. The quantitative estimate of drug-likeness (QED) is 0.904. The van der Waals surface area contributed by atoms with Gasteiger partial charge in [0.05, 0.1) is 6.61 Å². The molecule has 0 atom stereocenters. The molecule has 0 saturated heterocycles. The van der Waals surface area contributed by atoms with Gasteiger partial charge in [0.1, 0.15) is 5.75 Å². The zero-order valence-corrected chi connectivity index (χ0v) is 11.8. The van der Waals surface area contributed by atoms with Crippen molar-refractivity contribution in [3.63, 3.8) is 0 Å². The Labute approximate surface area is 119 Å². The van der Waals surface area contributed by atoms with E-state index in [9.17, 15) is 4.79 Å². The third-order valence-electron chi connectivity index (χ3n) is 2.97. The zero-order chi connectivity index (χ0) is 14.4. The van der Waals surface area contributed by atoms with Crippen molar-refractivity contribution in [1.82, 2.24) is 5.32 Å². The van der Waals surface area contributed by atoms with Crippen molar-refractivity contribution in [2.75, 3.05) is 6.61 Å². The first-order valence-corrected chi connectivity index (χ1v) is 6.75. The van der Waals surface area contributed by atoms with E-state index in [0.29, 0.717) is 18.7 Å². The van der Waals surface area contributed by atoms with E-state index < -0.39 is 0 Å². The Kier molecular flexibility index (Phi) is 4.77. The molecule has 3 nitrogen and oxygen atoms in total. The van der Waals surface area contributed by atoms with E-state index in [1.54, 1.807) is 0 Å². The molecule has 104 valence electrons. The van der Waals surface area contributed by atoms with Crippen LogP contribution in [0.4, 0.5) is 0 Å². The lowest BCUT2D eigenvalue weighted by Gasteiger charge is -2.07. The zero-order valence-electron chi connectivity index (χ0n) is 11.8. The van der Waals surface area contributed by atoms with Crippen LogP contribution < -0.4 is 10.1 Å². The summed E-state index contributed by atoms with van der Waals surface area (Å²) in [5, 5.41) is 2.91. The highest BCUT2D eigenvalue weighted by Crippen LogP contribution is 2.12. The summed E-state index contributed by atoms with van der Waals surface area (Å²) in [5.41, 5.74) is 2.82. The van der Waals surface area contributed by atoms with E-state index in [1.807, 2.05) is 62.4 Å². The van der Waals surface area contributed by atoms with Crippen LogP contribution in [0.15, 0.2) is 48.5 Å². The summed E-state index contributed by atoms with van der Waals surface area (Å²) < 4.78 is 5.38. The first-order chi connectivity index (χ1) is 9.69. The van der Waals surface area contributed by atoms with Crippen LogP contribution >= 0.6 is 0 Å². The van der Waals surface area contributed by atoms with Crippen LogP contribution in [-0.4, -0.2) is 12.5 Å². The molecule has 0 saturated carbocycles. The molecule has 0 bridgehead atoms. The highest BCUT2D eigenvalue weighted by atomic mass is 16.5. The van der Waals surface area contributed by atoms with Crippen molar-refractivity contribution in [3.05, 3.63) is 65.2 Å². The maximum absolute atomic E-state index is 12.0. The molecule has 1 N–H and O–H groups in total. The van der Waals surface area contributed by atoms with Gasteiger partial charge in [0, 0.05) is 12.1 Å². The van der Waals surface area contributed by atoms with E-state index >= 15 is 0 Å². The number of ether oxygens (including phenoxy) is 1. The number of carbonyl (C=O) groups excluding carboxylic acids is 1. The molecule has 0 spiro atoms. The third kappa shape index (κ3) is 3.85. The fourth-order valence-corrected chi connectivity index (χ4v) is 1.94. The van der Waals surface area contributed by atoms with Gasteiger partial charge >= 0.3 is 0 Å². The summed E-state index contributed by atoms with van der Waals surface area (Å²) in [7, 11) is 0. The Morgan fingerprint density at radius 2 is 1.90 bits per heavy atom. The lowest BCUT2D eigenvalue weighted by atomic mass is 10.1. The van der Waals surface area contributed by atoms with Crippen LogP contribution in [0.2, 0.25) is 0 Å². The fourth-order valence-electron chi connectivity index (χ4n) is 1.94. The second kappa shape index (κ2) is 6.75. The average Bonchev–Trinajstić information content (AvgIpc) is 2.46. The number of hydrogen-bond donors (Lipinski definition) is 1. The standard InChI is InChI=1S/C17H19NO2/c1-3-20-16-9-7-14(8-10-16)12-18-17(19)15-6-4-5-13(2)11-15/h4-11H,3,12H2,1-2H3,(H,18,19). The smallest absolute Gasteiger partial charge is 0.251 e. The van der Waals surface area contributed by atoms with Crippen LogP contribution in [0, 0.1) is 6.92 Å². The van der Waals surface area contributed by atoms with Crippen LogP contribution in [0.3, 0.4) is 0 Å². The summed E-state index contributed by atoms with van der Waals surface area (Å²) in [5.74, 6) is 0.795. The van der Waals surface area contributed by atoms with Crippen molar-refractivity contribution in [3.8, 4) is 5.75 Å². The maximum Gasteiger partial charge on any atom is 0.251 e. The Morgan fingerprint density at radius 3 is 2.55 bits per heavy atom. The second-order valence-corrected chi connectivity index (χ2v) is 4.63. The maximum atomic E-state index is 12.0. The molecule has 0 aliphatic rings. The number of nitrogens with one attached hydrogen (secondary N) is 1. The van der Waals surface area contributed by atoms with Gasteiger partial charge in [0.15, 0.2) is 0 Å². The first kappa shape index (κ1) is 14.1. The Bertz CT molecular complexity index is 576. The molecule has 0 radical (unpaired) electrons. The summed E-state index contributed by atoms with van der Waals surface area (Å²) >= 11 is 0. The molecule has 0 unspecified atom stereocenters. The van der Waals surface area contributed by atoms with Gasteiger partial charge in [-0.15, -0.1) is 0 Å². The summed E-state index contributed by atoms with van der Waals surface area (Å²) in [6.07, 6.45) is 0. The van der Waals surface area contributed by atoms with Crippen LogP contribution in [-0.2, 0) is 6.54 Å². The highest BCUT2D eigenvalue weighted by molar-refractivity contribution is 5.94. The Morgan fingerprint density at radius 1 is 1.15 bits per heavy atom. The Hall–Kier alpha value is -2.29. The number of benzene rings is 2. The van der Waals surface area contributed by atoms with Gasteiger partial charge in [-0.3, -0.25) is 4.79 Å². The van der Waals surface area contributed by atoms with E-state index in [-0.39, 0.29) is 5.91 Å². The largest absolute Gasteiger partial charge is 0.494 e. The van der Waals surface area contributed by atoms with Crippen molar-refractivity contribution < 1.29 is 9.53 Å². The third-order valence-corrected chi connectivity index (χ3v) is 2.97. The summed E-state index contributed by atoms with van der Waals surface area (Å²) in [6.45, 7) is 5.10. The molecule has 0 aliphatic carbocycles. The molecule has 2 rings (SSSR count). The molecular formula is C17H19NO2. The van der Waals surface area contributed by atoms with Gasteiger partial charge < -0.3 is 10.1 Å². The van der Waals surface area contributed by atoms with Crippen LogP contribution in [0.25, 0.3) is 0 Å². The topological polar surface area (TPSA) is 38.3 Å². The molecule has 2 aromatic rings. The number of carbonyl (C=O) groups is 1. The number of amides is 1. The van der Waals surface area contributed by atoms with Gasteiger partial charge in [-0.05, 0) is 43.7 Å². The predicted octanol–water partition coefficient (Wildman–Crippen LogP) is 3.32. The average molecular weight is 269 g/mol. The molecule has 3 heteroatoms. The van der Waals surface area contributed by atoms with Gasteiger partial charge in [-0.25, -0.2) is 0 Å². The van der Waals surface area contributed by atoms with Gasteiger partial charge in [0.2, 0.25) is 0 Å². The molecule has 0 heterocycles. The van der Waals surface area contributed by atoms with Crippen molar-refractivity contribution in [1.29, 1.82) is 0 Å². The molecular weight excluding hydrogens is 250 g/mol. The van der Waals surface area contributed by atoms with E-state index in [1.165, 1.54) is 0 Å². The number of aryl methyl sites for hydroxylation is 1. The van der Waals surface area contributed by atoms with E-state index in [0.717, 1.165) is 16.9 Å².